The van der Waals surface area contributed by atoms with Crippen molar-refractivity contribution in [2.75, 3.05) is 40.8 Å². The van der Waals surface area contributed by atoms with Crippen molar-refractivity contribution in [3.63, 3.8) is 0 Å². The van der Waals surface area contributed by atoms with Crippen LogP contribution in [0.1, 0.15) is 58.6 Å². The monoisotopic (exact) mass is 692 g/mol. The van der Waals surface area contributed by atoms with E-state index in [1.54, 1.807) is 14.2 Å². The summed E-state index contributed by atoms with van der Waals surface area (Å²) in [4.78, 5) is 0. The molecular weight excluding hydrogens is 643 g/mol. The molecule has 6 rings (SSSR count). The molecule has 11 heteroatoms. The third-order valence-corrected chi connectivity index (χ3v) is 11.7. The highest BCUT2D eigenvalue weighted by Gasteiger charge is 2.75. The highest BCUT2D eigenvalue weighted by Crippen LogP contribution is 2.65. The molecule has 1 aliphatic carbocycles. The van der Waals surface area contributed by atoms with E-state index < -0.39 is 44.1 Å². The van der Waals surface area contributed by atoms with Crippen LogP contribution in [0.4, 0.5) is 0 Å². The van der Waals surface area contributed by atoms with Crippen molar-refractivity contribution in [3.05, 3.63) is 95.6 Å². The predicted octanol–water partition coefficient (Wildman–Crippen LogP) is 7.16. The molecule has 10 nitrogen and oxygen atoms in total. The lowest BCUT2D eigenvalue weighted by atomic mass is 9.63. The molecule has 0 aromatic heterocycles. The van der Waals surface area contributed by atoms with Gasteiger partial charge in [0.25, 0.3) is 8.53 Å². The molecule has 0 N–H and O–H groups in total. The van der Waals surface area contributed by atoms with E-state index in [1.165, 1.54) is 0 Å². The van der Waals surface area contributed by atoms with E-state index in [1.807, 2.05) is 66.7 Å². The van der Waals surface area contributed by atoms with Gasteiger partial charge in [0.2, 0.25) is 0 Å². The quantitative estimate of drug-likeness (QED) is 0.0873. The van der Waals surface area contributed by atoms with Gasteiger partial charge < -0.3 is 32.9 Å². The van der Waals surface area contributed by atoms with Crippen LogP contribution in [0, 0.1) is 17.2 Å². The van der Waals surface area contributed by atoms with Gasteiger partial charge in [-0.2, -0.15) is 5.26 Å². The van der Waals surface area contributed by atoms with E-state index >= 15 is 0 Å². The van der Waals surface area contributed by atoms with Crippen LogP contribution in [-0.4, -0.2) is 75.1 Å². The van der Waals surface area contributed by atoms with E-state index in [0.717, 1.165) is 28.2 Å². The van der Waals surface area contributed by atoms with E-state index in [-0.39, 0.29) is 38.5 Å². The molecule has 1 saturated carbocycles. The predicted molar refractivity (Wildman–Crippen MR) is 185 cm³/mol. The van der Waals surface area contributed by atoms with Crippen molar-refractivity contribution in [2.45, 2.75) is 75.7 Å². The lowest BCUT2D eigenvalue weighted by Crippen LogP contribution is -2.72. The fourth-order valence-corrected chi connectivity index (χ4v) is 9.13. The normalized spacial score (nSPS) is 26.9. The molecule has 2 aliphatic heterocycles. The Morgan fingerprint density at radius 2 is 1.51 bits per heavy atom. The number of methoxy groups -OCH3 is 2. The molecule has 4 unspecified atom stereocenters. The lowest BCUT2D eigenvalue weighted by molar-refractivity contribution is -0.396. The van der Waals surface area contributed by atoms with Gasteiger partial charge >= 0.3 is 0 Å². The summed E-state index contributed by atoms with van der Waals surface area (Å²) in [6.45, 7) is 7.71. The summed E-state index contributed by atoms with van der Waals surface area (Å²) in [6.07, 6.45) is -0.0549. The second kappa shape index (κ2) is 15.0. The summed E-state index contributed by atoms with van der Waals surface area (Å²) >= 11 is 0. The van der Waals surface area contributed by atoms with Crippen molar-refractivity contribution in [1.29, 1.82) is 5.26 Å². The summed E-state index contributed by atoms with van der Waals surface area (Å²) < 4.78 is 61.6. The van der Waals surface area contributed by atoms with E-state index in [2.05, 4.69) is 50.6 Å². The minimum absolute atomic E-state index is 0.0345. The Kier molecular flexibility index (Phi) is 10.5. The zero-order valence-corrected chi connectivity index (χ0v) is 29.9. The van der Waals surface area contributed by atoms with Crippen molar-refractivity contribution < 1.29 is 38.8 Å². The van der Waals surface area contributed by atoms with Gasteiger partial charge in [-0.05, 0) is 68.7 Å². The van der Waals surface area contributed by atoms with Gasteiger partial charge in [-0.15, -0.1) is 0 Å². The molecule has 2 heterocycles. The minimum Gasteiger partial charge on any atom is -0.497 e. The molecule has 0 bridgehead atoms. The third kappa shape index (κ3) is 6.72. The Labute approximate surface area is 292 Å². The molecule has 49 heavy (non-hydrogen) atoms. The average molecular weight is 693 g/mol. The van der Waals surface area contributed by atoms with Gasteiger partial charge in [-0.3, -0.25) is 4.52 Å². The second-order valence-corrected chi connectivity index (χ2v) is 14.5. The van der Waals surface area contributed by atoms with Crippen LogP contribution in [0.5, 0.6) is 11.5 Å². The fraction of sp³-hybridized carbons (Fsp3) is 0.500. The Morgan fingerprint density at radius 3 is 2.06 bits per heavy atom. The van der Waals surface area contributed by atoms with Crippen LogP contribution in [0.3, 0.4) is 0 Å². The summed E-state index contributed by atoms with van der Waals surface area (Å²) in [6, 6.07) is 28.2. The van der Waals surface area contributed by atoms with Crippen LogP contribution < -0.4 is 9.47 Å². The molecule has 6 atom stereocenters. The Hall–Kier alpha value is -3.10. The first-order valence-corrected chi connectivity index (χ1v) is 17.9. The van der Waals surface area contributed by atoms with Crippen molar-refractivity contribution in [3.8, 4) is 17.6 Å². The van der Waals surface area contributed by atoms with E-state index in [4.69, 9.17) is 38.8 Å². The van der Waals surface area contributed by atoms with Gasteiger partial charge in [-0.1, -0.05) is 54.6 Å². The van der Waals surface area contributed by atoms with E-state index in [0.29, 0.717) is 6.42 Å². The van der Waals surface area contributed by atoms with Crippen LogP contribution in [-0.2, 0) is 33.6 Å². The number of nitriles is 1. The van der Waals surface area contributed by atoms with Crippen molar-refractivity contribution >= 4 is 8.53 Å². The zero-order valence-electron chi connectivity index (χ0n) is 30.0. The Morgan fingerprint density at radius 1 is 0.918 bits per heavy atom. The first kappa shape index (κ1) is 34.4. The Bertz CT molecular complexity index is 1550. The molecule has 2 saturated heterocycles. The van der Waals surface area contributed by atoms with Crippen LogP contribution >= 0.6 is 8.53 Å². The highest BCUT2D eigenvalue weighted by molar-refractivity contribution is 7.44. The largest absolute Gasteiger partial charge is 0.497 e. The van der Waals surface area contributed by atoms with Gasteiger partial charge in [-0.25, -0.2) is 4.67 Å². The summed E-state index contributed by atoms with van der Waals surface area (Å²) in [5.74, 6) is -0.147. The highest BCUT2D eigenvalue weighted by atomic mass is 31.2. The SMILES string of the molecule is [3H][C@@H]1O[C@@]2(COC(c3ccccc3)(c3ccc(OC)cc3)c3ccc(OC)cc3)CC3(OP(OCCC#N)N(C(C)C)C(C)C)OCOC1C32. The number of ether oxygens (including phenoxy) is 6. The maximum atomic E-state index is 9.24. The van der Waals surface area contributed by atoms with Gasteiger partial charge in [0.05, 0.1) is 59.9 Å². The van der Waals surface area contributed by atoms with Gasteiger partial charge in [0.1, 0.15) is 22.7 Å². The molecule has 0 radical (unpaired) electrons. The van der Waals surface area contributed by atoms with Crippen molar-refractivity contribution in [1.82, 2.24) is 4.67 Å². The smallest absolute Gasteiger partial charge is 0.261 e. The first-order chi connectivity index (χ1) is 24.1. The van der Waals surface area contributed by atoms with Crippen LogP contribution in [0.15, 0.2) is 78.9 Å². The standard InChI is InChI=1S/C38H47N2O8P/c1-27(2)40(28(3)4)49(47-22-10-21-39)48-37-24-36(35(37)34(23-44-36)43-26-46-37)25-45-38(29-11-8-7-9-12-29,30-13-17-32(41-5)18-14-30)31-15-19-33(42-6)20-16-31/h7-9,11-20,27-28,34-35H,10,22-26H2,1-6H3/t34?,35?,36-,37?,49?/m1/s1/i23T/t23-,34?,35?,36+,37?,49?/m0. The lowest BCUT2D eigenvalue weighted by Gasteiger charge is -2.60. The van der Waals surface area contributed by atoms with E-state index in [9.17, 15) is 5.26 Å². The number of hydrogen-bond acceptors (Lipinski definition) is 10. The number of rotatable bonds is 16. The minimum atomic E-state index is -1.64. The van der Waals surface area contributed by atoms with Crippen LogP contribution in [0.25, 0.3) is 0 Å². The number of hydrogen-bond donors (Lipinski definition) is 0. The molecule has 3 aliphatic rings. The maximum Gasteiger partial charge on any atom is 0.261 e. The average Bonchev–Trinajstić information content (AvgIpc) is 3.38. The first-order valence-electron chi connectivity index (χ1n) is 17.3. The molecule has 0 amide bonds. The summed E-state index contributed by atoms with van der Waals surface area (Å²) in [5, 5.41) is 9.24. The maximum absolute atomic E-state index is 9.24. The Balaban J connectivity index is 1.39. The fourth-order valence-electron chi connectivity index (χ4n) is 7.35. The molecule has 0 spiro atoms. The topological polar surface area (TPSA) is 101 Å². The zero-order chi connectivity index (χ0) is 35.5. The second-order valence-electron chi connectivity index (χ2n) is 13.1. The molecule has 3 aromatic carbocycles. The summed E-state index contributed by atoms with van der Waals surface area (Å²) in [5.41, 5.74) is 0.660. The third-order valence-electron chi connectivity index (χ3n) is 9.52. The number of nitrogens with zero attached hydrogens (tertiary/aromatic N) is 2. The van der Waals surface area contributed by atoms with Crippen molar-refractivity contribution in [2.24, 2.45) is 5.92 Å². The molecular formula is C38H47N2O8P. The molecule has 262 valence electrons. The molecule has 3 fully saturated rings. The van der Waals surface area contributed by atoms with Gasteiger partial charge in [0.15, 0.2) is 12.6 Å². The van der Waals surface area contributed by atoms with Crippen LogP contribution in [0.2, 0.25) is 0 Å². The number of benzene rings is 3. The summed E-state index contributed by atoms with van der Waals surface area (Å²) in [7, 11) is 1.65. The van der Waals surface area contributed by atoms with Gasteiger partial charge in [0, 0.05) is 18.5 Å². The molecule has 3 aromatic rings.